The van der Waals surface area contributed by atoms with E-state index in [1.54, 1.807) is 11.6 Å². The molecule has 1 N–H and O–H groups in total. The minimum Gasteiger partial charge on any atom is -0.336 e. The van der Waals surface area contributed by atoms with Gasteiger partial charge in [0, 0.05) is 13.6 Å². The van der Waals surface area contributed by atoms with E-state index in [2.05, 4.69) is 15.6 Å². The average Bonchev–Trinajstić information content (AvgIpc) is 3.02. The maximum atomic E-state index is 13.2. The third kappa shape index (κ3) is 4.64. The summed E-state index contributed by atoms with van der Waals surface area (Å²) in [5.74, 6) is -0.440. The van der Waals surface area contributed by atoms with E-state index in [1.165, 1.54) is 30.1 Å². The first-order valence-electron chi connectivity index (χ1n) is 8.82. The Labute approximate surface area is 167 Å². The lowest BCUT2D eigenvalue weighted by atomic mass is 10.1. The molecule has 0 unspecified atom stereocenters. The fraction of sp³-hybridized carbons (Fsp3) is 0.500. The third-order valence-electron chi connectivity index (χ3n) is 4.86. The predicted molar refractivity (Wildman–Crippen MR) is 100 cm³/mol. The Morgan fingerprint density at radius 1 is 1.29 bits per heavy atom. The zero-order valence-corrected chi connectivity index (χ0v) is 16.5. The molecule has 0 spiro atoms. The Bertz CT molecular complexity index is 818. The van der Waals surface area contributed by atoms with E-state index in [4.69, 9.17) is 0 Å². The molecule has 2 aromatic rings. The van der Waals surface area contributed by atoms with E-state index < -0.39 is 17.6 Å². The molecule has 6 nitrogen and oxygen atoms in total. The molecule has 1 aromatic heterocycles. The van der Waals surface area contributed by atoms with Crippen LogP contribution in [0.25, 0.3) is 0 Å². The van der Waals surface area contributed by atoms with Crippen LogP contribution >= 0.6 is 12.4 Å². The SMILES string of the molecule is Cc1c(C(=O)N(C)Cc2ccccc2C(F)(F)F)nnn1C1CCNCC1.Cl. The lowest BCUT2D eigenvalue weighted by molar-refractivity contribution is -0.138. The van der Waals surface area contributed by atoms with Crippen molar-refractivity contribution < 1.29 is 18.0 Å². The summed E-state index contributed by atoms with van der Waals surface area (Å²) in [6.45, 7) is 3.36. The lowest BCUT2D eigenvalue weighted by Crippen LogP contribution is -2.31. The third-order valence-corrected chi connectivity index (χ3v) is 4.86. The summed E-state index contributed by atoms with van der Waals surface area (Å²) in [7, 11) is 1.47. The summed E-state index contributed by atoms with van der Waals surface area (Å²) in [4.78, 5) is 14.0. The molecular formula is C18H23ClF3N5O. The van der Waals surface area contributed by atoms with Crippen molar-refractivity contribution in [1.29, 1.82) is 0 Å². The molecule has 1 aliphatic heterocycles. The van der Waals surface area contributed by atoms with Crippen molar-refractivity contribution >= 4 is 18.3 Å². The topological polar surface area (TPSA) is 63.1 Å². The highest BCUT2D eigenvalue weighted by Gasteiger charge is 2.33. The van der Waals surface area contributed by atoms with Crippen LogP contribution < -0.4 is 5.32 Å². The van der Waals surface area contributed by atoms with Crippen LogP contribution in [0.4, 0.5) is 13.2 Å². The highest BCUT2D eigenvalue weighted by molar-refractivity contribution is 5.93. The van der Waals surface area contributed by atoms with Gasteiger partial charge in [0.1, 0.15) is 0 Å². The van der Waals surface area contributed by atoms with Crippen molar-refractivity contribution in [2.24, 2.45) is 0 Å². The Hall–Kier alpha value is -2.13. The highest BCUT2D eigenvalue weighted by Crippen LogP contribution is 2.32. The molecule has 1 amide bonds. The van der Waals surface area contributed by atoms with Gasteiger partial charge in [0.05, 0.1) is 17.3 Å². The Kier molecular flexibility index (Phi) is 7.06. The second kappa shape index (κ2) is 8.91. The standard InChI is InChI=1S/C18H22F3N5O.ClH/c1-12-16(23-24-26(12)14-7-9-22-10-8-14)17(27)25(2)11-13-5-3-4-6-15(13)18(19,20)21;/h3-6,14,22H,7-11H2,1-2H3;1H. The number of rotatable bonds is 4. The molecular weight excluding hydrogens is 395 g/mol. The second-order valence-corrected chi connectivity index (χ2v) is 6.77. The fourth-order valence-corrected chi connectivity index (χ4v) is 3.38. The number of alkyl halides is 3. The molecule has 28 heavy (non-hydrogen) atoms. The molecule has 1 aromatic carbocycles. The summed E-state index contributed by atoms with van der Waals surface area (Å²) < 4.78 is 41.2. The van der Waals surface area contributed by atoms with Gasteiger partial charge in [0.2, 0.25) is 0 Å². The largest absolute Gasteiger partial charge is 0.416 e. The molecule has 0 bridgehead atoms. The zero-order chi connectivity index (χ0) is 19.6. The van der Waals surface area contributed by atoms with Crippen LogP contribution in [0.15, 0.2) is 24.3 Å². The van der Waals surface area contributed by atoms with Crippen molar-refractivity contribution in [2.75, 3.05) is 20.1 Å². The first kappa shape index (κ1) is 22.2. The van der Waals surface area contributed by atoms with E-state index >= 15 is 0 Å². The molecule has 0 atom stereocenters. The molecule has 154 valence electrons. The van der Waals surface area contributed by atoms with Gasteiger partial charge in [-0.15, -0.1) is 17.5 Å². The molecule has 1 fully saturated rings. The normalized spacial score (nSPS) is 15.2. The summed E-state index contributed by atoms with van der Waals surface area (Å²) in [5.41, 5.74) is 0.132. The smallest absolute Gasteiger partial charge is 0.336 e. The van der Waals surface area contributed by atoms with Crippen LogP contribution in [0.1, 0.15) is 46.2 Å². The molecule has 1 saturated heterocycles. The van der Waals surface area contributed by atoms with Crippen molar-refractivity contribution in [1.82, 2.24) is 25.2 Å². The van der Waals surface area contributed by atoms with Gasteiger partial charge in [-0.05, 0) is 44.5 Å². The maximum absolute atomic E-state index is 13.2. The number of amides is 1. The number of nitrogens with zero attached hydrogens (tertiary/aromatic N) is 4. The molecule has 0 aliphatic carbocycles. The number of hydrogen-bond acceptors (Lipinski definition) is 4. The van der Waals surface area contributed by atoms with Gasteiger partial charge in [-0.25, -0.2) is 4.68 Å². The summed E-state index contributed by atoms with van der Waals surface area (Å²) in [6, 6.07) is 5.44. The first-order valence-corrected chi connectivity index (χ1v) is 8.82. The number of hydrogen-bond donors (Lipinski definition) is 1. The molecule has 2 heterocycles. The highest BCUT2D eigenvalue weighted by atomic mass is 35.5. The van der Waals surface area contributed by atoms with Gasteiger partial charge < -0.3 is 10.2 Å². The van der Waals surface area contributed by atoms with Gasteiger partial charge in [0.15, 0.2) is 5.69 Å². The number of halogens is 4. The van der Waals surface area contributed by atoms with Crippen LogP contribution in [0.2, 0.25) is 0 Å². The van der Waals surface area contributed by atoms with E-state index in [-0.39, 0.29) is 36.3 Å². The van der Waals surface area contributed by atoms with Gasteiger partial charge >= 0.3 is 6.18 Å². The zero-order valence-electron chi connectivity index (χ0n) is 15.7. The van der Waals surface area contributed by atoms with Crippen molar-refractivity contribution in [3.63, 3.8) is 0 Å². The molecule has 1 aliphatic rings. The van der Waals surface area contributed by atoms with E-state index in [9.17, 15) is 18.0 Å². The van der Waals surface area contributed by atoms with E-state index in [0.29, 0.717) is 5.69 Å². The second-order valence-electron chi connectivity index (χ2n) is 6.77. The monoisotopic (exact) mass is 417 g/mol. The molecule has 3 rings (SSSR count). The minimum absolute atomic E-state index is 0. The number of piperidine rings is 1. The van der Waals surface area contributed by atoms with Crippen molar-refractivity contribution in [3.8, 4) is 0 Å². The van der Waals surface area contributed by atoms with Crippen molar-refractivity contribution in [2.45, 2.75) is 38.5 Å². The Morgan fingerprint density at radius 3 is 2.57 bits per heavy atom. The minimum atomic E-state index is -4.46. The number of benzene rings is 1. The Morgan fingerprint density at radius 2 is 1.93 bits per heavy atom. The van der Waals surface area contributed by atoms with Gasteiger partial charge in [0.25, 0.3) is 5.91 Å². The molecule has 0 radical (unpaired) electrons. The van der Waals surface area contributed by atoms with Crippen LogP contribution in [0.3, 0.4) is 0 Å². The average molecular weight is 418 g/mol. The van der Waals surface area contributed by atoms with E-state index in [0.717, 1.165) is 32.0 Å². The van der Waals surface area contributed by atoms with Crippen LogP contribution in [-0.4, -0.2) is 45.9 Å². The van der Waals surface area contributed by atoms with E-state index in [1.807, 2.05) is 0 Å². The maximum Gasteiger partial charge on any atom is 0.416 e. The van der Waals surface area contributed by atoms with Gasteiger partial charge in [-0.1, -0.05) is 23.4 Å². The Balaban J connectivity index is 0.00000280. The summed E-state index contributed by atoms with van der Waals surface area (Å²) in [5, 5.41) is 11.4. The summed E-state index contributed by atoms with van der Waals surface area (Å²) >= 11 is 0. The number of nitrogens with one attached hydrogen (secondary N) is 1. The first-order chi connectivity index (χ1) is 12.8. The predicted octanol–water partition coefficient (Wildman–Crippen LogP) is 3.22. The van der Waals surface area contributed by atoms with Crippen LogP contribution in [0, 0.1) is 6.92 Å². The fourth-order valence-electron chi connectivity index (χ4n) is 3.38. The van der Waals surface area contributed by atoms with Gasteiger partial charge in [-0.2, -0.15) is 13.2 Å². The lowest BCUT2D eigenvalue weighted by Gasteiger charge is -2.23. The quantitative estimate of drug-likeness (QED) is 0.829. The number of aromatic nitrogens is 3. The van der Waals surface area contributed by atoms with Crippen molar-refractivity contribution in [3.05, 3.63) is 46.8 Å². The van der Waals surface area contributed by atoms with Gasteiger partial charge in [-0.3, -0.25) is 4.79 Å². The van der Waals surface area contributed by atoms with Crippen LogP contribution in [0.5, 0.6) is 0 Å². The molecule has 10 heteroatoms. The molecule has 0 saturated carbocycles. The summed E-state index contributed by atoms with van der Waals surface area (Å²) in [6.07, 6.45) is -2.67. The van der Waals surface area contributed by atoms with Crippen LogP contribution in [-0.2, 0) is 12.7 Å². The number of carbonyl (C=O) groups is 1. The number of carbonyl (C=O) groups excluding carboxylic acids is 1.